The molecule has 5 aromatic carbocycles. The summed E-state index contributed by atoms with van der Waals surface area (Å²) in [5.74, 6) is 0. The normalized spacial score (nSPS) is 11.6. The van der Waals surface area contributed by atoms with Gasteiger partial charge in [0, 0.05) is 54.5 Å². The maximum Gasteiger partial charge on any atom is 0.218 e. The minimum Gasteiger partial charge on any atom is -0.201 e. The van der Waals surface area contributed by atoms with E-state index in [1.165, 1.54) is 72.6 Å². The van der Waals surface area contributed by atoms with Crippen LogP contribution in [-0.4, -0.2) is 0 Å². The van der Waals surface area contributed by atoms with Crippen molar-refractivity contribution in [3.63, 3.8) is 0 Å². The van der Waals surface area contributed by atoms with Crippen LogP contribution in [-0.2, 0) is 20.0 Å². The zero-order valence-electron chi connectivity index (χ0n) is 33.9. The number of aromatic nitrogens is 3. The summed E-state index contributed by atoms with van der Waals surface area (Å²) >= 11 is 0. The van der Waals surface area contributed by atoms with Crippen molar-refractivity contribution in [1.29, 1.82) is 0 Å². The molecule has 0 N–H and O–H groups in total. The third kappa shape index (κ3) is 8.26. The number of aryl methyl sites for hydroxylation is 4. The van der Waals surface area contributed by atoms with Gasteiger partial charge < -0.3 is 0 Å². The molecule has 3 heterocycles. The summed E-state index contributed by atoms with van der Waals surface area (Å²) in [6.45, 7) is 7.32. The Morgan fingerprint density at radius 3 is 1.86 bits per heavy atom. The van der Waals surface area contributed by atoms with Crippen LogP contribution in [0.15, 0.2) is 195 Å². The SMILES string of the molecule is CC=C(C)c1ccc(C=C[n+]2ccccc2-c2cc(-c3ccccc3)ccc2CC[n+]2ccccc2-c2cc(-c3ccccc3)ccc2C)c(-c2cccc[n+]2C)c1. The Hall–Kier alpha value is -6.97. The van der Waals surface area contributed by atoms with Crippen molar-refractivity contribution in [3.8, 4) is 56.0 Å². The van der Waals surface area contributed by atoms with Gasteiger partial charge in [0.25, 0.3) is 0 Å². The maximum absolute atomic E-state index is 2.41. The summed E-state index contributed by atoms with van der Waals surface area (Å²) in [6, 6.07) is 61.4. The molecule has 3 aromatic heterocycles. The van der Waals surface area contributed by atoms with Crippen molar-refractivity contribution in [3.05, 3.63) is 217 Å². The Labute approximate surface area is 343 Å². The number of hydrogen-bond acceptors (Lipinski definition) is 0. The lowest BCUT2D eigenvalue weighted by molar-refractivity contribution is -0.685. The lowest BCUT2D eigenvalue weighted by Crippen LogP contribution is -2.37. The molecular formula is C55H50N3+3. The van der Waals surface area contributed by atoms with E-state index in [0.29, 0.717) is 0 Å². The van der Waals surface area contributed by atoms with Gasteiger partial charge in [0.15, 0.2) is 31.3 Å². The Morgan fingerprint density at radius 1 is 0.534 bits per heavy atom. The van der Waals surface area contributed by atoms with Gasteiger partial charge in [0.05, 0.1) is 11.1 Å². The van der Waals surface area contributed by atoms with Crippen LogP contribution in [0.2, 0.25) is 0 Å². The Bertz CT molecular complexity index is 2760. The molecule has 0 aliphatic carbocycles. The first-order valence-electron chi connectivity index (χ1n) is 20.2. The molecule has 0 bridgehead atoms. The van der Waals surface area contributed by atoms with E-state index < -0.39 is 0 Å². The van der Waals surface area contributed by atoms with Crippen molar-refractivity contribution in [2.24, 2.45) is 7.05 Å². The first-order chi connectivity index (χ1) is 28.5. The molecule has 0 fully saturated rings. The van der Waals surface area contributed by atoms with Gasteiger partial charge in [0.1, 0.15) is 7.05 Å². The van der Waals surface area contributed by atoms with Gasteiger partial charge in [-0.25, -0.2) is 4.57 Å². The maximum atomic E-state index is 2.41. The highest BCUT2D eigenvalue weighted by atomic mass is 15.0. The molecular weight excluding hydrogens is 703 g/mol. The summed E-state index contributed by atoms with van der Waals surface area (Å²) in [7, 11) is 2.11. The van der Waals surface area contributed by atoms with E-state index in [9.17, 15) is 0 Å². The fourth-order valence-corrected chi connectivity index (χ4v) is 7.82. The zero-order chi connectivity index (χ0) is 39.8. The molecule has 282 valence electrons. The number of benzene rings is 5. The van der Waals surface area contributed by atoms with Gasteiger partial charge in [0.2, 0.25) is 17.1 Å². The average Bonchev–Trinajstić information content (AvgIpc) is 3.28. The van der Waals surface area contributed by atoms with Crippen molar-refractivity contribution in [2.45, 2.75) is 33.7 Å². The first kappa shape index (κ1) is 37.9. The topological polar surface area (TPSA) is 11.6 Å². The van der Waals surface area contributed by atoms with Gasteiger partial charge in [-0.15, -0.1) is 0 Å². The third-order valence-corrected chi connectivity index (χ3v) is 11.3. The lowest BCUT2D eigenvalue weighted by Gasteiger charge is -2.12. The van der Waals surface area contributed by atoms with Gasteiger partial charge in [-0.3, -0.25) is 0 Å². The smallest absolute Gasteiger partial charge is 0.201 e. The summed E-state index contributed by atoms with van der Waals surface area (Å²) in [4.78, 5) is 0. The molecule has 3 heteroatoms. The molecule has 0 spiro atoms. The first-order valence-corrected chi connectivity index (χ1v) is 20.2. The van der Waals surface area contributed by atoms with Crippen LogP contribution in [0.1, 0.15) is 36.1 Å². The predicted molar refractivity (Wildman–Crippen MR) is 241 cm³/mol. The third-order valence-electron chi connectivity index (χ3n) is 11.3. The van der Waals surface area contributed by atoms with Crippen LogP contribution < -0.4 is 13.7 Å². The monoisotopic (exact) mass is 752 g/mol. The fraction of sp³-hybridized carbons (Fsp3) is 0.109. The Morgan fingerprint density at radius 2 is 1.16 bits per heavy atom. The number of nitrogens with zero attached hydrogens (tertiary/aromatic N) is 3. The van der Waals surface area contributed by atoms with Crippen molar-refractivity contribution < 1.29 is 13.7 Å². The van der Waals surface area contributed by atoms with E-state index >= 15 is 0 Å². The lowest BCUT2D eigenvalue weighted by atomic mass is 9.94. The second kappa shape index (κ2) is 17.4. The summed E-state index contributed by atoms with van der Waals surface area (Å²) in [5.41, 5.74) is 18.3. The molecule has 0 aliphatic rings. The summed E-state index contributed by atoms with van der Waals surface area (Å²) in [6.07, 6.45) is 14.0. The predicted octanol–water partition coefficient (Wildman–Crippen LogP) is 12.0. The van der Waals surface area contributed by atoms with Crippen LogP contribution in [0.4, 0.5) is 0 Å². The highest BCUT2D eigenvalue weighted by molar-refractivity contribution is 5.79. The molecule has 58 heavy (non-hydrogen) atoms. The van der Waals surface area contributed by atoms with Crippen LogP contribution >= 0.6 is 0 Å². The van der Waals surface area contributed by atoms with E-state index in [1.807, 2.05) is 0 Å². The summed E-state index contributed by atoms with van der Waals surface area (Å²) in [5, 5.41) is 0. The standard InChI is InChI=1S/C55H50N3/c1-5-41(2)47-29-27-45(51(38-47)53-22-12-15-33-56(53)4)31-37-58-35-17-14-24-55(58)52-40-49(44-20-10-7-11-21-44)30-28-46(52)32-36-57-34-16-13-23-54(57)50-39-48(26-25-42(50)3)43-18-8-6-9-19-43/h5-31,33-35,37-40H,32,36H2,1-4H3/q+3. The number of allylic oxidation sites excluding steroid dienone is 2. The van der Waals surface area contributed by atoms with E-state index in [4.69, 9.17) is 0 Å². The van der Waals surface area contributed by atoms with E-state index in [0.717, 1.165) is 24.2 Å². The fourth-order valence-electron chi connectivity index (χ4n) is 7.82. The van der Waals surface area contributed by atoms with Crippen LogP contribution in [0.3, 0.4) is 0 Å². The molecule has 0 unspecified atom stereocenters. The molecule has 3 nitrogen and oxygen atoms in total. The zero-order valence-corrected chi connectivity index (χ0v) is 33.9. The molecule has 0 atom stereocenters. The van der Waals surface area contributed by atoms with E-state index in [-0.39, 0.29) is 0 Å². The van der Waals surface area contributed by atoms with Gasteiger partial charge in [-0.1, -0.05) is 103 Å². The van der Waals surface area contributed by atoms with E-state index in [2.05, 4.69) is 248 Å². The minimum absolute atomic E-state index is 0.834. The largest absolute Gasteiger partial charge is 0.218 e. The number of pyridine rings is 3. The Kier molecular flexibility index (Phi) is 11.4. The van der Waals surface area contributed by atoms with Gasteiger partial charge in [-0.05, 0) is 107 Å². The second-order valence-corrected chi connectivity index (χ2v) is 14.9. The highest BCUT2D eigenvalue weighted by Gasteiger charge is 2.21. The van der Waals surface area contributed by atoms with Crippen molar-refractivity contribution >= 4 is 17.8 Å². The van der Waals surface area contributed by atoms with Gasteiger partial charge >= 0.3 is 0 Å². The van der Waals surface area contributed by atoms with Crippen molar-refractivity contribution in [2.75, 3.05) is 0 Å². The molecule has 0 aliphatic heterocycles. The molecule has 0 saturated carbocycles. The van der Waals surface area contributed by atoms with E-state index in [1.54, 1.807) is 0 Å². The van der Waals surface area contributed by atoms with Crippen LogP contribution in [0, 0.1) is 6.92 Å². The molecule has 8 rings (SSSR count). The highest BCUT2D eigenvalue weighted by Crippen LogP contribution is 2.31. The average molecular weight is 753 g/mol. The van der Waals surface area contributed by atoms with Crippen LogP contribution in [0.25, 0.3) is 73.9 Å². The summed E-state index contributed by atoms with van der Waals surface area (Å²) < 4.78 is 6.88. The molecule has 8 aromatic rings. The van der Waals surface area contributed by atoms with Crippen LogP contribution in [0.5, 0.6) is 0 Å². The molecule has 0 radical (unpaired) electrons. The number of hydrogen-bond donors (Lipinski definition) is 0. The second-order valence-electron chi connectivity index (χ2n) is 14.9. The molecule has 0 saturated heterocycles. The quantitative estimate of drug-likeness (QED) is 0.117. The molecule has 0 amide bonds. The number of rotatable bonds is 11. The van der Waals surface area contributed by atoms with Gasteiger partial charge in [-0.2, -0.15) is 9.13 Å². The Balaban J connectivity index is 1.18. The minimum atomic E-state index is 0.834. The van der Waals surface area contributed by atoms with Crippen molar-refractivity contribution in [1.82, 2.24) is 0 Å².